The molecule has 1 N–H and O–H groups in total. The number of hydrogen-bond donors (Lipinski definition) is 1. The summed E-state index contributed by atoms with van der Waals surface area (Å²) >= 11 is 3.42. The maximum absolute atomic E-state index is 8.73. The summed E-state index contributed by atoms with van der Waals surface area (Å²) in [5.41, 5.74) is 2.06. The number of rotatable bonds is 4. The zero-order chi connectivity index (χ0) is 12.3. The molecule has 0 spiro atoms. The van der Waals surface area contributed by atoms with Crippen molar-refractivity contribution in [1.29, 1.82) is 0 Å². The molecule has 1 heterocycles. The summed E-state index contributed by atoms with van der Waals surface area (Å²) in [6.45, 7) is 2.14. The fourth-order valence-electron chi connectivity index (χ4n) is 1.57. The van der Waals surface area contributed by atoms with Crippen molar-refractivity contribution in [2.45, 2.75) is 19.8 Å². The minimum atomic E-state index is 0.134. The molecule has 0 unspecified atom stereocenters. The van der Waals surface area contributed by atoms with Gasteiger partial charge in [0, 0.05) is 23.1 Å². The third-order valence-corrected chi connectivity index (χ3v) is 2.94. The maximum Gasteiger partial charge on any atom is 0.227 e. The minimum absolute atomic E-state index is 0.134. The molecule has 17 heavy (non-hydrogen) atoms. The van der Waals surface area contributed by atoms with Crippen molar-refractivity contribution < 1.29 is 9.63 Å². The van der Waals surface area contributed by atoms with Crippen LogP contribution in [0.25, 0.3) is 11.4 Å². The van der Waals surface area contributed by atoms with E-state index >= 15 is 0 Å². The van der Waals surface area contributed by atoms with Gasteiger partial charge in [0.15, 0.2) is 0 Å². The number of hydrogen-bond acceptors (Lipinski definition) is 4. The lowest BCUT2D eigenvalue weighted by molar-refractivity contribution is 0.278. The highest BCUT2D eigenvalue weighted by molar-refractivity contribution is 9.10. The van der Waals surface area contributed by atoms with E-state index in [1.807, 2.05) is 25.1 Å². The molecule has 0 atom stereocenters. The average Bonchev–Trinajstić information content (AvgIpc) is 2.75. The molecule has 2 aromatic rings. The van der Waals surface area contributed by atoms with Gasteiger partial charge in [-0.2, -0.15) is 4.98 Å². The van der Waals surface area contributed by atoms with Crippen LogP contribution < -0.4 is 0 Å². The summed E-state index contributed by atoms with van der Waals surface area (Å²) in [6, 6.07) is 5.92. The average molecular weight is 297 g/mol. The Bertz CT molecular complexity index is 511. The highest BCUT2D eigenvalue weighted by Crippen LogP contribution is 2.23. The van der Waals surface area contributed by atoms with Crippen molar-refractivity contribution in [3.05, 3.63) is 34.1 Å². The Balaban J connectivity index is 2.24. The first-order chi connectivity index (χ1) is 8.20. The number of aryl methyl sites for hydroxylation is 2. The molecule has 0 aliphatic rings. The van der Waals surface area contributed by atoms with Crippen LogP contribution in [0.2, 0.25) is 0 Å². The van der Waals surface area contributed by atoms with Gasteiger partial charge in [-0.05, 0) is 37.1 Å². The van der Waals surface area contributed by atoms with Crippen molar-refractivity contribution >= 4 is 15.9 Å². The Kier molecular flexibility index (Phi) is 3.91. The van der Waals surface area contributed by atoms with Gasteiger partial charge in [-0.15, -0.1) is 0 Å². The van der Waals surface area contributed by atoms with Gasteiger partial charge in [-0.25, -0.2) is 0 Å². The topological polar surface area (TPSA) is 59.2 Å². The highest BCUT2D eigenvalue weighted by atomic mass is 79.9. The van der Waals surface area contributed by atoms with E-state index in [-0.39, 0.29) is 6.61 Å². The van der Waals surface area contributed by atoms with Crippen LogP contribution in [0.3, 0.4) is 0 Å². The van der Waals surface area contributed by atoms with Gasteiger partial charge in [0.2, 0.25) is 11.7 Å². The fraction of sp³-hybridized carbons (Fsp3) is 0.333. The van der Waals surface area contributed by atoms with Crippen molar-refractivity contribution in [2.24, 2.45) is 0 Å². The van der Waals surface area contributed by atoms with Crippen LogP contribution in [0, 0.1) is 6.92 Å². The Morgan fingerprint density at radius 3 is 2.94 bits per heavy atom. The molecule has 0 fully saturated rings. The van der Waals surface area contributed by atoms with E-state index < -0.39 is 0 Å². The molecule has 2 rings (SSSR count). The monoisotopic (exact) mass is 296 g/mol. The van der Waals surface area contributed by atoms with E-state index in [4.69, 9.17) is 9.63 Å². The lowest BCUT2D eigenvalue weighted by Crippen LogP contribution is -1.90. The molecular weight excluding hydrogens is 284 g/mol. The molecule has 1 aromatic carbocycles. The van der Waals surface area contributed by atoms with Gasteiger partial charge in [0.25, 0.3) is 0 Å². The summed E-state index contributed by atoms with van der Waals surface area (Å²) in [7, 11) is 0. The zero-order valence-corrected chi connectivity index (χ0v) is 11.1. The molecule has 0 amide bonds. The summed E-state index contributed by atoms with van der Waals surface area (Å²) in [5.74, 6) is 1.17. The zero-order valence-electron chi connectivity index (χ0n) is 9.48. The summed E-state index contributed by atoms with van der Waals surface area (Å²) in [5, 5.41) is 12.7. The van der Waals surface area contributed by atoms with Crippen LogP contribution in [0.4, 0.5) is 0 Å². The van der Waals surface area contributed by atoms with Gasteiger partial charge in [-0.3, -0.25) is 0 Å². The van der Waals surface area contributed by atoms with Crippen molar-refractivity contribution in [3.8, 4) is 11.4 Å². The molecule has 4 nitrogen and oxygen atoms in total. The molecule has 0 bridgehead atoms. The summed E-state index contributed by atoms with van der Waals surface area (Å²) in [4.78, 5) is 4.30. The standard InChI is InChI=1S/C12H13BrN2O2/c1-8-7-9(13)4-5-10(8)12-14-11(17-15-12)3-2-6-16/h4-5,7,16H,2-3,6H2,1H3. The second-order valence-corrected chi connectivity index (χ2v) is 4.71. The molecule has 0 radical (unpaired) electrons. The SMILES string of the molecule is Cc1cc(Br)ccc1-c1noc(CCCO)n1. The smallest absolute Gasteiger partial charge is 0.227 e. The van der Waals surface area contributed by atoms with E-state index in [1.54, 1.807) is 0 Å². The quantitative estimate of drug-likeness (QED) is 0.942. The normalized spacial score (nSPS) is 10.8. The second-order valence-electron chi connectivity index (χ2n) is 3.80. The molecular formula is C12H13BrN2O2. The Labute approximate surface area is 108 Å². The molecule has 0 aliphatic carbocycles. The van der Waals surface area contributed by atoms with Crippen LogP contribution in [0.15, 0.2) is 27.2 Å². The maximum atomic E-state index is 8.73. The van der Waals surface area contributed by atoms with Crippen LogP contribution in [0.5, 0.6) is 0 Å². The number of nitrogens with zero attached hydrogens (tertiary/aromatic N) is 2. The first-order valence-corrected chi connectivity index (χ1v) is 6.20. The van der Waals surface area contributed by atoms with Crippen molar-refractivity contribution in [3.63, 3.8) is 0 Å². The number of aromatic nitrogens is 2. The molecule has 0 aliphatic heterocycles. The van der Waals surface area contributed by atoms with Crippen LogP contribution in [-0.4, -0.2) is 21.9 Å². The predicted molar refractivity (Wildman–Crippen MR) is 67.6 cm³/mol. The predicted octanol–water partition coefficient (Wildman–Crippen LogP) is 2.73. The second kappa shape index (κ2) is 5.42. The first kappa shape index (κ1) is 12.3. The van der Waals surface area contributed by atoms with Gasteiger partial charge >= 0.3 is 0 Å². The van der Waals surface area contributed by atoms with Gasteiger partial charge < -0.3 is 9.63 Å². The van der Waals surface area contributed by atoms with Gasteiger partial charge in [0.05, 0.1) is 0 Å². The molecule has 90 valence electrons. The third-order valence-electron chi connectivity index (χ3n) is 2.45. The van der Waals surface area contributed by atoms with Crippen molar-refractivity contribution in [1.82, 2.24) is 10.1 Å². The molecule has 0 saturated carbocycles. The largest absolute Gasteiger partial charge is 0.396 e. The lowest BCUT2D eigenvalue weighted by atomic mass is 10.1. The number of aliphatic hydroxyl groups excluding tert-OH is 1. The molecule has 5 heteroatoms. The number of aliphatic hydroxyl groups is 1. The fourth-order valence-corrected chi connectivity index (χ4v) is 2.05. The van der Waals surface area contributed by atoms with Crippen LogP contribution >= 0.6 is 15.9 Å². The Hall–Kier alpha value is -1.20. The Morgan fingerprint density at radius 2 is 2.24 bits per heavy atom. The summed E-state index contributed by atoms with van der Waals surface area (Å²) < 4.78 is 6.15. The minimum Gasteiger partial charge on any atom is -0.396 e. The third kappa shape index (κ3) is 2.92. The molecule has 1 aromatic heterocycles. The molecule has 0 saturated heterocycles. The van der Waals surface area contributed by atoms with E-state index in [1.165, 1.54) is 0 Å². The highest BCUT2D eigenvalue weighted by Gasteiger charge is 2.10. The van der Waals surface area contributed by atoms with E-state index in [0.717, 1.165) is 15.6 Å². The van der Waals surface area contributed by atoms with E-state index in [9.17, 15) is 0 Å². The van der Waals surface area contributed by atoms with Gasteiger partial charge in [0.1, 0.15) is 0 Å². The number of benzene rings is 1. The Morgan fingerprint density at radius 1 is 1.41 bits per heavy atom. The van der Waals surface area contributed by atoms with Crippen LogP contribution in [-0.2, 0) is 6.42 Å². The van der Waals surface area contributed by atoms with E-state index in [0.29, 0.717) is 24.6 Å². The van der Waals surface area contributed by atoms with Crippen molar-refractivity contribution in [2.75, 3.05) is 6.61 Å². The number of halogens is 1. The van der Waals surface area contributed by atoms with Gasteiger partial charge in [-0.1, -0.05) is 21.1 Å². The van der Waals surface area contributed by atoms with Crippen LogP contribution in [0.1, 0.15) is 17.9 Å². The van der Waals surface area contributed by atoms with E-state index in [2.05, 4.69) is 26.1 Å². The lowest BCUT2D eigenvalue weighted by Gasteiger charge is -2.00. The summed E-state index contributed by atoms with van der Waals surface area (Å²) in [6.07, 6.45) is 1.25. The first-order valence-electron chi connectivity index (χ1n) is 5.40.